The van der Waals surface area contributed by atoms with E-state index in [1.807, 2.05) is 41.7 Å². The molecule has 0 N–H and O–H groups in total. The van der Waals surface area contributed by atoms with Crippen molar-refractivity contribution in [3.05, 3.63) is 86.3 Å². The zero-order chi connectivity index (χ0) is 25.0. The Morgan fingerprint density at radius 3 is 2.81 bits per heavy atom. The summed E-state index contributed by atoms with van der Waals surface area (Å²) in [4.78, 5) is 16.0. The highest BCUT2D eigenvalue weighted by Crippen LogP contribution is 2.38. The summed E-state index contributed by atoms with van der Waals surface area (Å²) in [6, 6.07) is 14.4. The minimum absolute atomic E-state index is 0.0700. The fraction of sp³-hybridized carbons (Fsp3) is 0.296. The number of ether oxygens (including phenoxy) is 1. The molecule has 0 bridgehead atoms. The van der Waals surface area contributed by atoms with Crippen LogP contribution in [0.5, 0.6) is 0 Å². The van der Waals surface area contributed by atoms with Crippen molar-refractivity contribution in [2.24, 2.45) is 5.92 Å². The Hall–Kier alpha value is -3.01. The van der Waals surface area contributed by atoms with E-state index in [0.717, 1.165) is 32.1 Å². The first-order chi connectivity index (χ1) is 17.4. The number of fused-ring (bicyclic) bond motifs is 5. The van der Waals surface area contributed by atoms with Crippen LogP contribution in [0.2, 0.25) is 0 Å². The number of hydrogen-bond donors (Lipinski definition) is 0. The van der Waals surface area contributed by atoms with Crippen LogP contribution in [0.3, 0.4) is 0 Å². The summed E-state index contributed by atoms with van der Waals surface area (Å²) < 4.78 is 23.5. The normalized spacial score (nSPS) is 15.8. The summed E-state index contributed by atoms with van der Waals surface area (Å²) in [5.74, 6) is 1.09. The maximum Gasteiger partial charge on any atom is 0.268 e. The molecule has 5 aromatic rings. The topological polar surface area (TPSA) is 61.4 Å². The van der Waals surface area contributed by atoms with Crippen molar-refractivity contribution >= 4 is 39.1 Å². The number of thiophene rings is 1. The molecule has 2 aromatic carbocycles. The molecule has 6 nitrogen and oxygen atoms in total. The maximum atomic E-state index is 14.1. The third kappa shape index (κ3) is 3.95. The minimum Gasteiger partial charge on any atom is -0.372 e. The van der Waals surface area contributed by atoms with E-state index in [1.165, 1.54) is 23.9 Å². The number of benzene rings is 2. The molecule has 0 amide bonds. The van der Waals surface area contributed by atoms with Gasteiger partial charge in [0.05, 0.1) is 23.8 Å². The van der Waals surface area contributed by atoms with Gasteiger partial charge in [-0.3, -0.25) is 4.79 Å². The lowest BCUT2D eigenvalue weighted by Gasteiger charge is -2.26. The lowest BCUT2D eigenvalue weighted by Crippen LogP contribution is -2.28. The second-order valence-corrected chi connectivity index (χ2v) is 11.5. The molecule has 184 valence electrons. The summed E-state index contributed by atoms with van der Waals surface area (Å²) >= 11 is 3.06. The monoisotopic (exact) mass is 520 g/mol. The van der Waals surface area contributed by atoms with Crippen LogP contribution in [-0.2, 0) is 23.5 Å². The number of hydrogen-bond acceptors (Lipinski definition) is 6. The maximum absolute atomic E-state index is 14.1. The number of nitrogens with zero attached hydrogens (tertiary/aromatic N) is 4. The summed E-state index contributed by atoms with van der Waals surface area (Å²) in [6.45, 7) is 6.80. The van der Waals surface area contributed by atoms with Crippen LogP contribution in [0, 0.1) is 18.7 Å². The van der Waals surface area contributed by atoms with Gasteiger partial charge in [0.1, 0.15) is 10.6 Å². The Labute approximate surface area is 215 Å². The molecule has 1 aliphatic heterocycles. The third-order valence-corrected chi connectivity index (χ3v) is 8.79. The third-order valence-electron chi connectivity index (χ3n) is 6.60. The second kappa shape index (κ2) is 9.14. The van der Waals surface area contributed by atoms with Gasteiger partial charge < -0.3 is 4.74 Å². The summed E-state index contributed by atoms with van der Waals surface area (Å²) in [6.07, 6.45) is 0.774. The number of aromatic nitrogens is 4. The molecule has 0 fully saturated rings. The van der Waals surface area contributed by atoms with Crippen molar-refractivity contribution in [3.63, 3.8) is 0 Å². The van der Waals surface area contributed by atoms with E-state index in [1.54, 1.807) is 22.0 Å². The Kier molecular flexibility index (Phi) is 5.94. The standard InChI is InChI=1S/C27H25FN4O2S2/c1-15(2)21-12-20-22(13-34-21)36-25-23(20)24(33)31(19-9-4-6-16(3)10-19)26-29-30-27(32(25)26)35-14-17-7-5-8-18(28)11-17/h4-11,15,21H,12-14H2,1-3H3/t21-/m0/s1. The predicted octanol–water partition coefficient (Wildman–Crippen LogP) is 5.93. The molecule has 0 aliphatic carbocycles. The first-order valence-electron chi connectivity index (χ1n) is 11.9. The lowest BCUT2D eigenvalue weighted by molar-refractivity contribution is 0.00200. The molecule has 0 saturated carbocycles. The summed E-state index contributed by atoms with van der Waals surface area (Å²) in [5.41, 5.74) is 3.66. The van der Waals surface area contributed by atoms with Crippen LogP contribution in [-0.4, -0.2) is 25.3 Å². The van der Waals surface area contributed by atoms with E-state index in [9.17, 15) is 9.18 Å². The molecule has 6 rings (SSSR count). The zero-order valence-electron chi connectivity index (χ0n) is 20.2. The highest BCUT2D eigenvalue weighted by Gasteiger charge is 2.30. The quantitative estimate of drug-likeness (QED) is 0.269. The van der Waals surface area contributed by atoms with Crippen LogP contribution < -0.4 is 5.56 Å². The van der Waals surface area contributed by atoms with Gasteiger partial charge in [0.25, 0.3) is 5.56 Å². The van der Waals surface area contributed by atoms with Gasteiger partial charge in [-0.05, 0) is 53.8 Å². The largest absolute Gasteiger partial charge is 0.372 e. The molecule has 3 aromatic heterocycles. The number of rotatable bonds is 5. The molecular weight excluding hydrogens is 495 g/mol. The molecule has 4 heterocycles. The zero-order valence-corrected chi connectivity index (χ0v) is 21.8. The predicted molar refractivity (Wildman–Crippen MR) is 142 cm³/mol. The number of thioether (sulfide) groups is 1. The Balaban J connectivity index is 1.59. The Morgan fingerprint density at radius 1 is 1.19 bits per heavy atom. The fourth-order valence-electron chi connectivity index (χ4n) is 4.73. The van der Waals surface area contributed by atoms with Crippen molar-refractivity contribution in [2.45, 2.75) is 50.8 Å². The molecule has 1 atom stereocenters. The van der Waals surface area contributed by atoms with Crippen LogP contribution >= 0.6 is 23.1 Å². The van der Waals surface area contributed by atoms with Crippen molar-refractivity contribution in [2.75, 3.05) is 0 Å². The SMILES string of the molecule is Cc1cccc(-n2c(=O)c3c4c(sc3n3c(SCc5cccc(F)c5)nnc23)CO[C@H](C(C)C)C4)c1. The first kappa shape index (κ1) is 23.4. The average Bonchev–Trinajstić information content (AvgIpc) is 3.44. The molecule has 0 spiro atoms. The van der Waals surface area contributed by atoms with E-state index >= 15 is 0 Å². The molecule has 0 radical (unpaired) electrons. The van der Waals surface area contributed by atoms with Gasteiger partial charge in [-0.2, -0.15) is 0 Å². The number of halogens is 1. The van der Waals surface area contributed by atoms with E-state index in [-0.39, 0.29) is 17.5 Å². The van der Waals surface area contributed by atoms with Gasteiger partial charge in [0.15, 0.2) is 5.16 Å². The van der Waals surface area contributed by atoms with Gasteiger partial charge in [-0.15, -0.1) is 21.5 Å². The summed E-state index contributed by atoms with van der Waals surface area (Å²) in [7, 11) is 0. The van der Waals surface area contributed by atoms with Crippen LogP contribution in [0.4, 0.5) is 4.39 Å². The molecule has 36 heavy (non-hydrogen) atoms. The first-order valence-corrected chi connectivity index (χ1v) is 13.7. The van der Waals surface area contributed by atoms with Gasteiger partial charge in [-0.25, -0.2) is 13.4 Å². The highest BCUT2D eigenvalue weighted by molar-refractivity contribution is 7.98. The highest BCUT2D eigenvalue weighted by atomic mass is 32.2. The fourth-order valence-corrected chi connectivity index (χ4v) is 6.91. The van der Waals surface area contributed by atoms with Crippen molar-refractivity contribution in [3.8, 4) is 5.69 Å². The molecule has 9 heteroatoms. The smallest absolute Gasteiger partial charge is 0.268 e. The Bertz CT molecular complexity index is 1670. The van der Waals surface area contributed by atoms with Crippen LogP contribution in [0.15, 0.2) is 58.5 Å². The van der Waals surface area contributed by atoms with E-state index in [0.29, 0.717) is 41.0 Å². The van der Waals surface area contributed by atoms with Crippen molar-refractivity contribution in [1.29, 1.82) is 0 Å². The van der Waals surface area contributed by atoms with Gasteiger partial charge in [-0.1, -0.05) is 49.9 Å². The van der Waals surface area contributed by atoms with Crippen LogP contribution in [0.25, 0.3) is 21.7 Å². The molecular formula is C27H25FN4O2S2. The molecule has 0 unspecified atom stereocenters. The van der Waals surface area contributed by atoms with Crippen molar-refractivity contribution in [1.82, 2.24) is 19.2 Å². The van der Waals surface area contributed by atoms with Gasteiger partial charge in [0.2, 0.25) is 5.78 Å². The second-order valence-electron chi connectivity index (χ2n) is 9.50. The minimum atomic E-state index is -0.263. The molecule has 1 aliphatic rings. The summed E-state index contributed by atoms with van der Waals surface area (Å²) in [5, 5.41) is 10.3. The number of aryl methyl sites for hydroxylation is 1. The van der Waals surface area contributed by atoms with E-state index < -0.39 is 0 Å². The van der Waals surface area contributed by atoms with Crippen LogP contribution in [0.1, 0.15) is 35.4 Å². The average molecular weight is 521 g/mol. The van der Waals surface area contributed by atoms with E-state index in [2.05, 4.69) is 24.0 Å². The van der Waals surface area contributed by atoms with E-state index in [4.69, 9.17) is 4.74 Å². The Morgan fingerprint density at radius 2 is 2.03 bits per heavy atom. The van der Waals surface area contributed by atoms with Gasteiger partial charge >= 0.3 is 0 Å². The van der Waals surface area contributed by atoms with Crippen molar-refractivity contribution < 1.29 is 9.13 Å². The molecule has 0 saturated heterocycles. The van der Waals surface area contributed by atoms with Gasteiger partial charge in [0, 0.05) is 17.1 Å². The lowest BCUT2D eigenvalue weighted by atomic mass is 9.96.